The maximum absolute atomic E-state index is 12.6. The Morgan fingerprint density at radius 2 is 1.95 bits per heavy atom. The summed E-state index contributed by atoms with van der Waals surface area (Å²) >= 11 is 1.57. The first-order valence-corrected chi connectivity index (χ1v) is 9.96. The van der Waals surface area contributed by atoms with Crippen molar-refractivity contribution >= 4 is 21.4 Å². The van der Waals surface area contributed by atoms with Gasteiger partial charge < -0.3 is 5.32 Å². The third-order valence-electron chi connectivity index (χ3n) is 4.30. The molecule has 120 valence electrons. The van der Waals surface area contributed by atoms with E-state index in [1.165, 1.54) is 12.8 Å². The molecule has 6 heteroatoms. The first-order chi connectivity index (χ1) is 9.79. The van der Waals surface area contributed by atoms with E-state index in [4.69, 9.17) is 0 Å². The van der Waals surface area contributed by atoms with Gasteiger partial charge in [-0.15, -0.1) is 11.3 Å². The molecule has 0 bridgehead atoms. The smallest absolute Gasteiger partial charge is 0.242 e. The number of aryl methyl sites for hydroxylation is 1. The average molecular weight is 331 g/mol. The highest BCUT2D eigenvalue weighted by Gasteiger charge is 2.29. The van der Waals surface area contributed by atoms with Gasteiger partial charge in [0.15, 0.2) is 0 Å². The molecule has 2 rings (SSSR count). The SMILES string of the molecule is CCC(C)(CC)NS(=O)(=O)c1cc(CNC2CC2)sc1C. The molecule has 0 amide bonds. The summed E-state index contributed by atoms with van der Waals surface area (Å²) in [4.78, 5) is 2.40. The maximum atomic E-state index is 12.6. The Hall–Kier alpha value is -0.430. The fourth-order valence-corrected chi connectivity index (χ4v) is 5.32. The fourth-order valence-electron chi connectivity index (χ4n) is 2.18. The molecule has 0 radical (unpaired) electrons. The summed E-state index contributed by atoms with van der Waals surface area (Å²) in [5.74, 6) is 0. The predicted octanol–water partition coefficient (Wildman–Crippen LogP) is 3.17. The van der Waals surface area contributed by atoms with Crippen LogP contribution >= 0.6 is 11.3 Å². The van der Waals surface area contributed by atoms with Gasteiger partial charge >= 0.3 is 0 Å². The molecule has 4 nitrogen and oxygen atoms in total. The lowest BCUT2D eigenvalue weighted by molar-refractivity contribution is 0.388. The van der Waals surface area contributed by atoms with Crippen LogP contribution in [0.25, 0.3) is 0 Å². The highest BCUT2D eigenvalue weighted by Crippen LogP contribution is 2.28. The normalized spacial score (nSPS) is 16.4. The van der Waals surface area contributed by atoms with Gasteiger partial charge in [0.2, 0.25) is 10.0 Å². The van der Waals surface area contributed by atoms with Crippen molar-refractivity contribution in [3.63, 3.8) is 0 Å². The van der Waals surface area contributed by atoms with E-state index in [9.17, 15) is 8.42 Å². The molecule has 1 aromatic heterocycles. The Morgan fingerprint density at radius 3 is 2.48 bits per heavy atom. The van der Waals surface area contributed by atoms with Crippen LogP contribution in [0.2, 0.25) is 0 Å². The first kappa shape index (κ1) is 16.9. The average Bonchev–Trinajstić information content (AvgIpc) is 3.18. The second-order valence-electron chi connectivity index (χ2n) is 6.16. The van der Waals surface area contributed by atoms with Crippen molar-refractivity contribution in [2.24, 2.45) is 0 Å². The van der Waals surface area contributed by atoms with E-state index in [1.807, 2.05) is 33.8 Å². The number of thiophene rings is 1. The predicted molar refractivity (Wildman–Crippen MR) is 88.2 cm³/mol. The number of hydrogen-bond acceptors (Lipinski definition) is 4. The van der Waals surface area contributed by atoms with E-state index < -0.39 is 10.0 Å². The highest BCUT2D eigenvalue weighted by atomic mass is 32.2. The Morgan fingerprint density at radius 1 is 1.33 bits per heavy atom. The van der Waals surface area contributed by atoms with Gasteiger partial charge in [0.25, 0.3) is 0 Å². The van der Waals surface area contributed by atoms with Crippen LogP contribution in [0.4, 0.5) is 0 Å². The zero-order valence-corrected chi connectivity index (χ0v) is 15.0. The summed E-state index contributed by atoms with van der Waals surface area (Å²) < 4.78 is 28.1. The summed E-state index contributed by atoms with van der Waals surface area (Å²) in [6, 6.07) is 2.46. The molecule has 2 N–H and O–H groups in total. The van der Waals surface area contributed by atoms with Gasteiger partial charge in [-0.25, -0.2) is 13.1 Å². The van der Waals surface area contributed by atoms with Crippen LogP contribution in [0.5, 0.6) is 0 Å². The summed E-state index contributed by atoms with van der Waals surface area (Å²) in [6.07, 6.45) is 4.04. The van der Waals surface area contributed by atoms with Gasteiger partial charge in [0.05, 0.1) is 4.90 Å². The van der Waals surface area contributed by atoms with Crippen molar-refractivity contribution in [2.75, 3.05) is 0 Å². The van der Waals surface area contributed by atoms with Crippen LogP contribution in [0.15, 0.2) is 11.0 Å². The van der Waals surface area contributed by atoms with E-state index in [2.05, 4.69) is 10.0 Å². The fraction of sp³-hybridized carbons (Fsp3) is 0.733. The molecule has 0 saturated heterocycles. The minimum atomic E-state index is -3.44. The van der Waals surface area contributed by atoms with Gasteiger partial charge in [-0.3, -0.25) is 0 Å². The number of hydrogen-bond donors (Lipinski definition) is 2. The summed E-state index contributed by atoms with van der Waals surface area (Å²) in [5.41, 5.74) is -0.375. The largest absolute Gasteiger partial charge is 0.309 e. The van der Waals surface area contributed by atoms with Crippen LogP contribution < -0.4 is 10.0 Å². The second kappa shape index (κ2) is 6.36. The first-order valence-electron chi connectivity index (χ1n) is 7.66. The standard InChI is InChI=1S/C15H26N2O2S2/c1-5-15(4,6-2)17-21(18,19)14-9-13(20-11(14)3)10-16-12-7-8-12/h9,12,16-17H,5-8,10H2,1-4H3. The van der Waals surface area contributed by atoms with Crippen LogP contribution in [-0.4, -0.2) is 20.0 Å². The summed E-state index contributed by atoms with van der Waals surface area (Å²) in [7, 11) is -3.44. The molecule has 0 unspecified atom stereocenters. The molecule has 0 atom stereocenters. The molecule has 1 aromatic rings. The lowest BCUT2D eigenvalue weighted by Gasteiger charge is -2.27. The Kier molecular flexibility index (Phi) is 5.13. The van der Waals surface area contributed by atoms with E-state index in [1.54, 1.807) is 11.3 Å². The van der Waals surface area contributed by atoms with E-state index >= 15 is 0 Å². The molecule has 21 heavy (non-hydrogen) atoms. The summed E-state index contributed by atoms with van der Waals surface area (Å²) in [5, 5.41) is 3.43. The highest BCUT2D eigenvalue weighted by molar-refractivity contribution is 7.89. The van der Waals surface area contributed by atoms with Gasteiger partial charge in [-0.2, -0.15) is 0 Å². The second-order valence-corrected chi connectivity index (χ2v) is 9.15. The minimum absolute atomic E-state index is 0.375. The zero-order valence-electron chi connectivity index (χ0n) is 13.3. The van der Waals surface area contributed by atoms with E-state index in [0.29, 0.717) is 10.9 Å². The molecule has 1 fully saturated rings. The van der Waals surface area contributed by atoms with Crippen molar-refractivity contribution in [3.8, 4) is 0 Å². The Balaban J connectivity index is 2.14. The number of rotatable bonds is 8. The molecule has 1 aliphatic carbocycles. The molecule has 0 aliphatic heterocycles. The van der Waals surface area contributed by atoms with Crippen LogP contribution in [-0.2, 0) is 16.6 Å². The van der Waals surface area contributed by atoms with Crippen LogP contribution in [0.1, 0.15) is 56.2 Å². The molecule has 0 spiro atoms. The maximum Gasteiger partial charge on any atom is 0.242 e. The lowest BCUT2D eigenvalue weighted by atomic mass is 9.98. The summed E-state index contributed by atoms with van der Waals surface area (Å²) in [6.45, 7) is 8.64. The molecular weight excluding hydrogens is 304 g/mol. The quantitative estimate of drug-likeness (QED) is 0.770. The topological polar surface area (TPSA) is 58.2 Å². The van der Waals surface area contributed by atoms with Gasteiger partial charge in [0, 0.05) is 27.9 Å². The van der Waals surface area contributed by atoms with Crippen molar-refractivity contribution in [3.05, 3.63) is 15.8 Å². The van der Waals surface area contributed by atoms with Crippen molar-refractivity contribution < 1.29 is 8.42 Å². The van der Waals surface area contributed by atoms with E-state index in [0.717, 1.165) is 29.1 Å². The van der Waals surface area contributed by atoms with Crippen LogP contribution in [0, 0.1) is 6.92 Å². The van der Waals surface area contributed by atoms with Gasteiger partial charge in [0.1, 0.15) is 0 Å². The van der Waals surface area contributed by atoms with Crippen molar-refractivity contribution in [1.29, 1.82) is 0 Å². The van der Waals surface area contributed by atoms with Gasteiger partial charge in [-0.05, 0) is 45.6 Å². The van der Waals surface area contributed by atoms with Crippen molar-refractivity contribution in [2.45, 2.75) is 76.4 Å². The lowest BCUT2D eigenvalue weighted by Crippen LogP contribution is -2.44. The molecule has 1 saturated carbocycles. The minimum Gasteiger partial charge on any atom is -0.309 e. The Bertz CT molecular complexity index is 585. The molecule has 1 heterocycles. The van der Waals surface area contributed by atoms with Gasteiger partial charge in [-0.1, -0.05) is 13.8 Å². The van der Waals surface area contributed by atoms with E-state index in [-0.39, 0.29) is 5.54 Å². The molecule has 1 aliphatic rings. The molecular formula is C15H26N2O2S2. The monoisotopic (exact) mass is 330 g/mol. The zero-order chi connectivity index (χ0) is 15.7. The van der Waals surface area contributed by atoms with Crippen molar-refractivity contribution in [1.82, 2.24) is 10.0 Å². The third-order valence-corrected chi connectivity index (χ3v) is 7.24. The number of nitrogens with one attached hydrogen (secondary N) is 2. The Labute approximate surface area is 132 Å². The number of sulfonamides is 1. The van der Waals surface area contributed by atoms with Crippen LogP contribution in [0.3, 0.4) is 0 Å². The molecule has 0 aromatic carbocycles. The third kappa shape index (κ3) is 4.28.